The van der Waals surface area contributed by atoms with Gasteiger partial charge in [-0.05, 0) is 84.8 Å². The van der Waals surface area contributed by atoms with Gasteiger partial charge in [-0.2, -0.15) is 0 Å². The molecule has 2 aliphatic heterocycles. The van der Waals surface area contributed by atoms with Crippen molar-refractivity contribution < 1.29 is 10.3 Å². The Balaban J connectivity index is 0.00000140. The van der Waals surface area contributed by atoms with E-state index in [2.05, 4.69) is 72.2 Å². The van der Waals surface area contributed by atoms with Gasteiger partial charge in [0.25, 0.3) is 0 Å². The molecule has 0 radical (unpaired) electrons. The van der Waals surface area contributed by atoms with Crippen molar-refractivity contribution in [2.75, 3.05) is 13.1 Å². The minimum Gasteiger partial charge on any atom is -0.439 e. The van der Waals surface area contributed by atoms with Gasteiger partial charge in [0.1, 0.15) is 11.0 Å². The lowest BCUT2D eigenvalue weighted by atomic mass is 10.00. The van der Waals surface area contributed by atoms with Crippen LogP contribution in [0.5, 0.6) is 0 Å². The molecule has 36 heavy (non-hydrogen) atoms. The topological polar surface area (TPSA) is 76.1 Å². The fourth-order valence-corrected chi connectivity index (χ4v) is 5.40. The van der Waals surface area contributed by atoms with Gasteiger partial charge in [0.2, 0.25) is 11.8 Å². The molecule has 3 atom stereocenters. The first-order valence-corrected chi connectivity index (χ1v) is 12.6. The number of rotatable bonds is 4. The molecule has 2 aliphatic rings. The predicted octanol–water partition coefficient (Wildman–Crippen LogP) is 7.28. The molecule has 2 fully saturated rings. The zero-order valence-electron chi connectivity index (χ0n) is 19.8. The Morgan fingerprint density at radius 1 is 0.750 bits per heavy atom. The van der Waals surface area contributed by atoms with E-state index in [0.717, 1.165) is 82.2 Å². The number of nitrogens with one attached hydrogen (secondary N) is 2. The van der Waals surface area contributed by atoms with E-state index in [9.17, 15) is 0 Å². The third-order valence-corrected chi connectivity index (χ3v) is 7.37. The van der Waals surface area contributed by atoms with Crippen molar-refractivity contribution in [1.82, 2.24) is 20.6 Å². The largest absolute Gasteiger partial charge is 0.439 e. The lowest BCUT2D eigenvalue weighted by molar-refractivity contribution is 0.446. The summed E-state index contributed by atoms with van der Waals surface area (Å²) in [5.41, 5.74) is 8.07. The fraction of sp³-hybridized carbons (Fsp3) is 0.333. The van der Waals surface area contributed by atoms with Crippen molar-refractivity contribution in [1.29, 1.82) is 0 Å². The molecule has 5 aromatic rings. The van der Waals surface area contributed by atoms with Gasteiger partial charge in [-0.3, -0.25) is 0 Å². The lowest BCUT2D eigenvalue weighted by Gasteiger charge is -2.05. The smallest absolute Gasteiger partial charge is 0.212 e. The predicted molar refractivity (Wildman–Crippen MR) is 146 cm³/mol. The van der Waals surface area contributed by atoms with Gasteiger partial charge >= 0.3 is 0 Å². The molecule has 0 aliphatic carbocycles. The maximum absolute atomic E-state index is 6.10. The van der Waals surface area contributed by atoms with E-state index < -0.39 is 0 Å². The molecule has 0 saturated carbocycles. The molecule has 7 rings (SSSR count). The average Bonchev–Trinajstić information content (AvgIpc) is 3.69. The maximum atomic E-state index is 6.10. The van der Waals surface area contributed by atoms with Crippen LogP contribution in [0.4, 0.5) is 0 Å². The number of fused-ring (bicyclic) bond motifs is 2. The summed E-state index contributed by atoms with van der Waals surface area (Å²) in [7, 11) is 0. The first-order valence-electron chi connectivity index (χ1n) is 12.6. The molecule has 1 unspecified atom stereocenters. The van der Waals surface area contributed by atoms with Gasteiger partial charge < -0.3 is 19.5 Å². The number of oxazole rings is 2. The molecule has 2 aromatic heterocycles. The van der Waals surface area contributed by atoms with Crippen LogP contribution >= 0.6 is 0 Å². The van der Waals surface area contributed by atoms with E-state index in [0.29, 0.717) is 5.92 Å². The Hall–Kier alpha value is -3.48. The maximum Gasteiger partial charge on any atom is 0.212 e. The van der Waals surface area contributed by atoms with E-state index in [4.69, 9.17) is 18.8 Å². The van der Waals surface area contributed by atoms with Crippen LogP contribution in [0, 0.1) is 5.92 Å². The van der Waals surface area contributed by atoms with Crippen LogP contribution in [0.1, 0.15) is 58.9 Å². The van der Waals surface area contributed by atoms with Crippen molar-refractivity contribution in [2.24, 2.45) is 5.92 Å². The molecular formula is C30H34N4O2. The summed E-state index contributed by atoms with van der Waals surface area (Å²) < 4.78 is 12.1. The number of aromatic nitrogens is 2. The summed E-state index contributed by atoms with van der Waals surface area (Å²) in [5.74, 6) is 2.25. The van der Waals surface area contributed by atoms with Crippen LogP contribution < -0.4 is 10.6 Å². The number of nitrogens with zero attached hydrogens (tertiary/aromatic N) is 2. The van der Waals surface area contributed by atoms with Crippen LogP contribution in [0.3, 0.4) is 0 Å². The van der Waals surface area contributed by atoms with Crippen LogP contribution in [0.2, 0.25) is 0 Å². The SMILES string of the molecule is C.C[C@@H]1CNC(c2nc3cc(-c4ccc(-c5ccc6nc([C@@H]7CCCN7)oc6c5)cc4)ccc3o2)C1.[HH]. The molecule has 4 heterocycles. The van der Waals surface area contributed by atoms with Gasteiger partial charge in [0.15, 0.2) is 11.2 Å². The third-order valence-electron chi connectivity index (χ3n) is 7.37. The summed E-state index contributed by atoms with van der Waals surface area (Å²) >= 11 is 0. The quantitative estimate of drug-likeness (QED) is 0.280. The molecule has 0 spiro atoms. The minimum atomic E-state index is 0. The second kappa shape index (κ2) is 9.19. The number of benzene rings is 3. The summed E-state index contributed by atoms with van der Waals surface area (Å²) in [6.45, 7) is 4.30. The van der Waals surface area contributed by atoms with Crippen molar-refractivity contribution in [3.05, 3.63) is 72.4 Å². The highest BCUT2D eigenvalue weighted by Gasteiger charge is 2.26. The van der Waals surface area contributed by atoms with E-state index in [1.54, 1.807) is 0 Å². The summed E-state index contributed by atoms with van der Waals surface area (Å²) in [6.07, 6.45) is 3.32. The normalized spacial score (nSPS) is 21.9. The highest BCUT2D eigenvalue weighted by Crippen LogP contribution is 2.33. The standard InChI is InChI=1S/C29H28N4O2.CH4.H2/c1-17-13-25(31-16-17)29-33-24-14-20(9-11-26(24)34-29)18-4-6-19(7-5-18)21-8-10-22-27(15-21)35-28(32-22)23-3-2-12-30-23;;/h4-11,14-15,17,23,25,30-31H,2-3,12-13,16H2,1H3;1H4;1H/t17-,23-,25?;;/m0../s1. The fourth-order valence-electron chi connectivity index (χ4n) is 5.40. The third kappa shape index (κ3) is 4.10. The minimum absolute atomic E-state index is 0. The first-order chi connectivity index (χ1) is 17.2. The van der Waals surface area contributed by atoms with Crippen molar-refractivity contribution in [3.63, 3.8) is 0 Å². The molecule has 0 bridgehead atoms. The molecular weight excluding hydrogens is 448 g/mol. The number of hydrogen-bond acceptors (Lipinski definition) is 6. The second-order valence-electron chi connectivity index (χ2n) is 10.00. The zero-order chi connectivity index (χ0) is 23.4. The van der Waals surface area contributed by atoms with Gasteiger partial charge in [0.05, 0.1) is 12.1 Å². The van der Waals surface area contributed by atoms with Crippen LogP contribution in [-0.4, -0.2) is 23.1 Å². The van der Waals surface area contributed by atoms with Crippen molar-refractivity contribution in [2.45, 2.75) is 45.7 Å². The summed E-state index contributed by atoms with van der Waals surface area (Å²) in [4.78, 5) is 9.48. The molecule has 2 saturated heterocycles. The molecule has 0 amide bonds. The Labute approximate surface area is 212 Å². The second-order valence-corrected chi connectivity index (χ2v) is 10.00. The lowest BCUT2D eigenvalue weighted by Crippen LogP contribution is -2.13. The highest BCUT2D eigenvalue weighted by atomic mass is 16.4. The van der Waals surface area contributed by atoms with Crippen molar-refractivity contribution in [3.8, 4) is 22.3 Å². The highest BCUT2D eigenvalue weighted by molar-refractivity contribution is 5.83. The Kier molecular flexibility index (Phi) is 5.86. The van der Waals surface area contributed by atoms with Gasteiger partial charge in [-0.25, -0.2) is 9.97 Å². The van der Waals surface area contributed by atoms with Crippen LogP contribution in [0.25, 0.3) is 44.5 Å². The van der Waals surface area contributed by atoms with Gasteiger partial charge in [0, 0.05) is 1.43 Å². The number of hydrogen-bond donors (Lipinski definition) is 2. The van der Waals surface area contributed by atoms with E-state index in [-0.39, 0.29) is 20.9 Å². The zero-order valence-corrected chi connectivity index (χ0v) is 19.8. The van der Waals surface area contributed by atoms with Gasteiger partial charge in [-0.15, -0.1) is 0 Å². The van der Waals surface area contributed by atoms with Crippen molar-refractivity contribution >= 4 is 22.2 Å². The molecule has 6 heteroatoms. The molecule has 3 aromatic carbocycles. The van der Waals surface area contributed by atoms with E-state index >= 15 is 0 Å². The molecule has 186 valence electrons. The molecule has 6 nitrogen and oxygen atoms in total. The van der Waals surface area contributed by atoms with Gasteiger partial charge in [-0.1, -0.05) is 50.7 Å². The molecule has 2 N–H and O–H groups in total. The Bertz CT molecular complexity index is 1520. The van der Waals surface area contributed by atoms with Crippen LogP contribution in [-0.2, 0) is 0 Å². The van der Waals surface area contributed by atoms with E-state index in [1.807, 2.05) is 6.07 Å². The summed E-state index contributed by atoms with van der Waals surface area (Å²) in [6, 6.07) is 21.6. The average molecular weight is 483 g/mol. The first kappa shape index (κ1) is 23.0. The monoisotopic (exact) mass is 482 g/mol. The Morgan fingerprint density at radius 2 is 1.42 bits per heavy atom. The Morgan fingerprint density at radius 3 is 2.14 bits per heavy atom. The summed E-state index contributed by atoms with van der Waals surface area (Å²) in [5, 5.41) is 6.97. The van der Waals surface area contributed by atoms with Crippen LogP contribution in [0.15, 0.2) is 69.5 Å². The van der Waals surface area contributed by atoms with E-state index in [1.165, 1.54) is 6.42 Å².